The minimum absolute atomic E-state index is 0.0593. The maximum absolute atomic E-state index is 11.7. The monoisotopic (exact) mass is 257 g/mol. The lowest BCUT2D eigenvalue weighted by molar-refractivity contribution is 0.295. The summed E-state index contributed by atoms with van der Waals surface area (Å²) >= 11 is 0. The number of aryl methyl sites for hydroxylation is 3. The number of rotatable bonds is 5. The van der Waals surface area contributed by atoms with Crippen molar-refractivity contribution < 1.29 is 13.5 Å². The first-order valence-electron chi connectivity index (χ1n) is 5.55. The number of aliphatic hydroxyl groups excluding tert-OH is 1. The second kappa shape index (κ2) is 5.51. The summed E-state index contributed by atoms with van der Waals surface area (Å²) in [5.74, 6) is -0.0593. The Balaban J connectivity index is 2.96. The molecule has 17 heavy (non-hydrogen) atoms. The molecule has 1 aromatic carbocycles. The van der Waals surface area contributed by atoms with Crippen molar-refractivity contribution >= 4 is 15.7 Å². The van der Waals surface area contributed by atoms with Gasteiger partial charge in [0, 0.05) is 6.61 Å². The van der Waals surface area contributed by atoms with Crippen molar-refractivity contribution in [3.8, 4) is 0 Å². The van der Waals surface area contributed by atoms with Crippen molar-refractivity contribution in [3.63, 3.8) is 0 Å². The highest BCUT2D eigenvalue weighted by Crippen LogP contribution is 2.23. The Morgan fingerprint density at radius 1 is 1.18 bits per heavy atom. The fraction of sp³-hybridized carbons (Fsp3) is 0.500. The minimum Gasteiger partial charge on any atom is -0.396 e. The summed E-state index contributed by atoms with van der Waals surface area (Å²) in [6, 6.07) is 3.88. The topological polar surface area (TPSA) is 66.4 Å². The van der Waals surface area contributed by atoms with Crippen molar-refractivity contribution in [2.75, 3.05) is 17.1 Å². The number of benzene rings is 1. The normalized spacial score (nSPS) is 11.5. The predicted molar refractivity (Wildman–Crippen MR) is 69.8 cm³/mol. The van der Waals surface area contributed by atoms with Gasteiger partial charge in [-0.15, -0.1) is 0 Å². The molecular formula is C12H19NO3S. The molecule has 0 fully saturated rings. The van der Waals surface area contributed by atoms with Crippen LogP contribution in [-0.2, 0) is 10.0 Å². The molecule has 0 radical (unpaired) electrons. The second-order valence-electron chi connectivity index (χ2n) is 4.27. The van der Waals surface area contributed by atoms with E-state index in [0.29, 0.717) is 5.69 Å². The summed E-state index contributed by atoms with van der Waals surface area (Å²) in [7, 11) is -3.36. The molecule has 0 saturated heterocycles. The van der Waals surface area contributed by atoms with E-state index in [1.54, 1.807) is 0 Å². The van der Waals surface area contributed by atoms with Gasteiger partial charge in [-0.05, 0) is 38.3 Å². The van der Waals surface area contributed by atoms with Gasteiger partial charge >= 0.3 is 0 Å². The van der Waals surface area contributed by atoms with Crippen LogP contribution in [0.15, 0.2) is 12.1 Å². The van der Waals surface area contributed by atoms with Gasteiger partial charge in [0.25, 0.3) is 0 Å². The van der Waals surface area contributed by atoms with Crippen molar-refractivity contribution in [3.05, 3.63) is 28.8 Å². The minimum atomic E-state index is -3.36. The molecule has 1 aromatic rings. The zero-order valence-electron chi connectivity index (χ0n) is 10.4. The van der Waals surface area contributed by atoms with Crippen molar-refractivity contribution in [2.24, 2.45) is 0 Å². The summed E-state index contributed by atoms with van der Waals surface area (Å²) < 4.78 is 26.0. The lowest BCUT2D eigenvalue weighted by atomic mass is 10.1. The molecule has 5 heteroatoms. The fourth-order valence-electron chi connectivity index (χ4n) is 1.80. The fourth-order valence-corrected chi connectivity index (χ4v) is 3.05. The molecule has 0 amide bonds. The van der Waals surface area contributed by atoms with E-state index >= 15 is 0 Å². The molecule has 96 valence electrons. The van der Waals surface area contributed by atoms with Crippen molar-refractivity contribution in [1.82, 2.24) is 0 Å². The first-order valence-corrected chi connectivity index (χ1v) is 7.20. The number of anilines is 1. The van der Waals surface area contributed by atoms with E-state index in [0.717, 1.165) is 16.7 Å². The Morgan fingerprint density at radius 3 is 2.18 bits per heavy atom. The first-order chi connectivity index (χ1) is 7.85. The van der Waals surface area contributed by atoms with Gasteiger partial charge in [-0.2, -0.15) is 0 Å². The summed E-state index contributed by atoms with van der Waals surface area (Å²) in [5, 5.41) is 8.65. The molecule has 0 saturated carbocycles. The van der Waals surface area contributed by atoms with Gasteiger partial charge in [0.1, 0.15) is 0 Å². The Kier molecular flexibility index (Phi) is 4.54. The number of aliphatic hydroxyl groups is 1. The molecule has 0 aliphatic heterocycles. The molecule has 1 rings (SSSR count). The number of nitrogens with one attached hydrogen (secondary N) is 1. The Morgan fingerprint density at radius 2 is 1.71 bits per heavy atom. The van der Waals surface area contributed by atoms with Crippen LogP contribution in [0.2, 0.25) is 0 Å². The highest BCUT2D eigenvalue weighted by atomic mass is 32.2. The maximum atomic E-state index is 11.7. The van der Waals surface area contributed by atoms with Crippen LogP contribution in [0.4, 0.5) is 5.69 Å². The third kappa shape index (κ3) is 4.02. The van der Waals surface area contributed by atoms with Crippen molar-refractivity contribution in [2.45, 2.75) is 27.2 Å². The maximum Gasteiger partial charge on any atom is 0.232 e. The van der Waals surface area contributed by atoms with E-state index in [9.17, 15) is 8.42 Å². The van der Waals surface area contributed by atoms with Crippen LogP contribution in [0.25, 0.3) is 0 Å². The largest absolute Gasteiger partial charge is 0.396 e. The SMILES string of the molecule is Cc1cc(C)c(NS(=O)(=O)CCCO)c(C)c1. The molecule has 0 aromatic heterocycles. The third-order valence-corrected chi connectivity index (χ3v) is 3.85. The summed E-state index contributed by atoms with van der Waals surface area (Å²) in [4.78, 5) is 0. The molecule has 0 spiro atoms. The molecule has 0 heterocycles. The Hall–Kier alpha value is -1.07. The third-order valence-electron chi connectivity index (χ3n) is 2.51. The second-order valence-corrected chi connectivity index (χ2v) is 6.11. The number of hydrogen-bond acceptors (Lipinski definition) is 3. The molecule has 0 atom stereocenters. The average Bonchev–Trinajstić information content (AvgIpc) is 2.21. The number of sulfonamides is 1. The van der Waals surface area contributed by atoms with Crippen LogP contribution in [0.3, 0.4) is 0 Å². The van der Waals surface area contributed by atoms with E-state index < -0.39 is 10.0 Å². The smallest absolute Gasteiger partial charge is 0.232 e. The Labute approximate surface area is 103 Å². The van der Waals surface area contributed by atoms with E-state index in [-0.39, 0.29) is 18.8 Å². The molecule has 0 unspecified atom stereocenters. The Bertz CT molecular complexity index is 471. The highest BCUT2D eigenvalue weighted by molar-refractivity contribution is 7.92. The van der Waals surface area contributed by atoms with E-state index in [1.165, 1.54) is 0 Å². The molecular weight excluding hydrogens is 238 g/mol. The lowest BCUT2D eigenvalue weighted by Crippen LogP contribution is -2.18. The van der Waals surface area contributed by atoms with Crippen LogP contribution < -0.4 is 4.72 Å². The summed E-state index contributed by atoms with van der Waals surface area (Å²) in [6.07, 6.45) is 0.249. The number of hydrogen-bond donors (Lipinski definition) is 2. The van der Waals surface area contributed by atoms with E-state index in [2.05, 4.69) is 4.72 Å². The molecule has 2 N–H and O–H groups in total. The van der Waals surface area contributed by atoms with Crippen LogP contribution in [0.5, 0.6) is 0 Å². The standard InChI is InChI=1S/C12H19NO3S/c1-9-7-10(2)12(11(3)8-9)13-17(15,16)6-4-5-14/h7-8,13-14H,4-6H2,1-3H3. The van der Waals surface area contributed by atoms with Gasteiger partial charge in [-0.3, -0.25) is 4.72 Å². The van der Waals surface area contributed by atoms with Crippen LogP contribution in [0, 0.1) is 20.8 Å². The van der Waals surface area contributed by atoms with Gasteiger partial charge in [0.15, 0.2) is 0 Å². The highest BCUT2D eigenvalue weighted by Gasteiger charge is 2.13. The molecule has 4 nitrogen and oxygen atoms in total. The van der Waals surface area contributed by atoms with Gasteiger partial charge < -0.3 is 5.11 Å². The first kappa shape index (κ1) is 14.0. The van der Waals surface area contributed by atoms with Crippen molar-refractivity contribution in [1.29, 1.82) is 0 Å². The van der Waals surface area contributed by atoms with Crippen LogP contribution >= 0.6 is 0 Å². The van der Waals surface area contributed by atoms with E-state index in [1.807, 2.05) is 32.9 Å². The van der Waals surface area contributed by atoms with Crippen LogP contribution in [0.1, 0.15) is 23.1 Å². The molecule has 0 aliphatic carbocycles. The zero-order valence-corrected chi connectivity index (χ0v) is 11.3. The summed E-state index contributed by atoms with van der Waals surface area (Å²) in [5.41, 5.74) is 3.58. The molecule has 0 aliphatic rings. The van der Waals surface area contributed by atoms with E-state index in [4.69, 9.17) is 5.11 Å². The van der Waals surface area contributed by atoms with Crippen LogP contribution in [-0.4, -0.2) is 25.9 Å². The van der Waals surface area contributed by atoms with Gasteiger partial charge in [-0.25, -0.2) is 8.42 Å². The van der Waals surface area contributed by atoms with Gasteiger partial charge in [0.05, 0.1) is 11.4 Å². The average molecular weight is 257 g/mol. The quantitative estimate of drug-likeness (QED) is 0.844. The zero-order chi connectivity index (χ0) is 13.1. The molecule has 0 bridgehead atoms. The summed E-state index contributed by atoms with van der Waals surface area (Å²) in [6.45, 7) is 5.62. The predicted octanol–water partition coefficient (Wildman–Crippen LogP) is 1.74. The lowest BCUT2D eigenvalue weighted by Gasteiger charge is -2.13. The van der Waals surface area contributed by atoms with Gasteiger partial charge in [-0.1, -0.05) is 17.7 Å². The van der Waals surface area contributed by atoms with Gasteiger partial charge in [0.2, 0.25) is 10.0 Å².